The zero-order valence-corrected chi connectivity index (χ0v) is 22.4. The fourth-order valence-corrected chi connectivity index (χ4v) is 4.22. The molecule has 0 aliphatic heterocycles. The van der Waals surface area contributed by atoms with Crippen molar-refractivity contribution in [3.63, 3.8) is 0 Å². The molecule has 3 rings (SSSR count). The van der Waals surface area contributed by atoms with Gasteiger partial charge in [-0.2, -0.15) is 4.98 Å². The summed E-state index contributed by atoms with van der Waals surface area (Å²) in [6.45, 7) is 7.54. The summed E-state index contributed by atoms with van der Waals surface area (Å²) in [5.41, 5.74) is 0.969. The van der Waals surface area contributed by atoms with Crippen molar-refractivity contribution in [1.29, 1.82) is 0 Å². The Morgan fingerprint density at radius 2 is 1.72 bits per heavy atom. The molecule has 0 unspecified atom stereocenters. The number of hydrogen-bond donors (Lipinski definition) is 1. The Labute approximate surface area is 219 Å². The van der Waals surface area contributed by atoms with Crippen molar-refractivity contribution in [2.45, 2.75) is 46.7 Å². The lowest BCUT2D eigenvalue weighted by Gasteiger charge is -2.22. The van der Waals surface area contributed by atoms with Gasteiger partial charge in [0, 0.05) is 15.7 Å². The first-order chi connectivity index (χ1) is 17.0. The predicted octanol–water partition coefficient (Wildman–Crippen LogP) is 5.07. The zero-order valence-electron chi connectivity index (χ0n) is 20.9. The smallest absolute Gasteiger partial charge is 0.355 e. The van der Waals surface area contributed by atoms with E-state index in [1.807, 2.05) is 12.1 Å². The van der Waals surface area contributed by atoms with Crippen LogP contribution in [-0.2, 0) is 22.5 Å². The molecule has 0 spiro atoms. The van der Waals surface area contributed by atoms with Crippen LogP contribution >= 0.6 is 23.2 Å². The van der Waals surface area contributed by atoms with Gasteiger partial charge in [-0.3, -0.25) is 9.36 Å². The van der Waals surface area contributed by atoms with Crippen LogP contribution in [0.5, 0.6) is 0 Å². The van der Waals surface area contributed by atoms with Crippen molar-refractivity contribution in [3.05, 3.63) is 84.6 Å². The number of halogens is 2. The molecule has 2 atom stereocenters. The molecule has 8 nitrogen and oxygen atoms in total. The average molecular weight is 533 g/mol. The third-order valence-corrected chi connectivity index (χ3v) is 6.60. The Balaban J connectivity index is 2.09. The van der Waals surface area contributed by atoms with Crippen molar-refractivity contribution in [3.8, 4) is 0 Å². The molecule has 3 aromatic rings. The summed E-state index contributed by atoms with van der Waals surface area (Å²) >= 11 is 12.5. The van der Waals surface area contributed by atoms with E-state index < -0.39 is 29.3 Å². The van der Waals surface area contributed by atoms with E-state index in [-0.39, 0.29) is 12.5 Å². The van der Waals surface area contributed by atoms with Crippen LogP contribution in [0.1, 0.15) is 44.9 Å². The molecule has 0 saturated heterocycles. The van der Waals surface area contributed by atoms with Gasteiger partial charge in [0.15, 0.2) is 0 Å². The van der Waals surface area contributed by atoms with E-state index in [0.29, 0.717) is 21.7 Å². The van der Waals surface area contributed by atoms with E-state index in [0.717, 1.165) is 22.1 Å². The van der Waals surface area contributed by atoms with Gasteiger partial charge < -0.3 is 10.1 Å². The summed E-state index contributed by atoms with van der Waals surface area (Å²) in [4.78, 5) is 42.9. The second-order valence-electron chi connectivity index (χ2n) is 9.16. The molecule has 1 N–H and O–H groups in total. The highest BCUT2D eigenvalue weighted by molar-refractivity contribution is 6.31. The summed E-state index contributed by atoms with van der Waals surface area (Å²) in [6, 6.07) is 11.7. The molecule has 0 amide bonds. The molecule has 1 aromatic heterocycles. The first-order valence-electron chi connectivity index (χ1n) is 11.6. The standard InChI is InChI=1S/C26H30Cl2N4O4/c1-15(2)12-19-8-11-21(13-22(19)28)29-24-30-25(34)32(17(4)16(3)23(33)36-5)26(35)31(24)14-18-6-9-20(27)10-7-18/h6-11,13,15-17H,12,14H2,1-5H3,(H,29,30,34)/t16-,17+/m1/s1. The molecule has 0 bridgehead atoms. The second-order valence-corrected chi connectivity index (χ2v) is 10.0. The molecule has 0 saturated carbocycles. The average Bonchev–Trinajstić information content (AvgIpc) is 2.83. The normalized spacial score (nSPS) is 12.9. The highest BCUT2D eigenvalue weighted by Crippen LogP contribution is 2.25. The number of aromatic nitrogens is 3. The Hall–Kier alpha value is -3.10. The van der Waals surface area contributed by atoms with Crippen molar-refractivity contribution < 1.29 is 9.53 Å². The molecule has 36 heavy (non-hydrogen) atoms. The third-order valence-electron chi connectivity index (χ3n) is 6.00. The fourth-order valence-electron chi connectivity index (χ4n) is 3.83. The summed E-state index contributed by atoms with van der Waals surface area (Å²) in [5.74, 6) is -0.773. The number of ether oxygens (including phenoxy) is 1. The summed E-state index contributed by atoms with van der Waals surface area (Å²) in [5, 5.41) is 4.21. The van der Waals surface area contributed by atoms with Crippen LogP contribution in [0.3, 0.4) is 0 Å². The number of methoxy groups -OCH3 is 1. The minimum absolute atomic E-state index is 0.0572. The van der Waals surface area contributed by atoms with Gasteiger partial charge in [-0.15, -0.1) is 0 Å². The first-order valence-corrected chi connectivity index (χ1v) is 12.4. The van der Waals surface area contributed by atoms with E-state index in [1.165, 1.54) is 11.7 Å². The van der Waals surface area contributed by atoms with E-state index in [9.17, 15) is 14.4 Å². The number of nitrogens with one attached hydrogen (secondary N) is 1. The summed E-state index contributed by atoms with van der Waals surface area (Å²) in [7, 11) is 1.26. The molecule has 0 radical (unpaired) electrons. The van der Waals surface area contributed by atoms with Gasteiger partial charge in [-0.25, -0.2) is 14.2 Å². The van der Waals surface area contributed by atoms with Crippen LogP contribution < -0.4 is 16.7 Å². The SMILES string of the molecule is COC(=O)[C@H](C)[C@H](C)n1c(=O)nc(Nc2ccc(CC(C)C)c(Cl)c2)n(Cc2ccc(Cl)cc2)c1=O. The molecule has 0 fully saturated rings. The molecule has 2 aromatic carbocycles. The largest absolute Gasteiger partial charge is 0.469 e. The second kappa shape index (κ2) is 11.8. The van der Waals surface area contributed by atoms with Crippen LogP contribution in [0, 0.1) is 11.8 Å². The lowest BCUT2D eigenvalue weighted by Crippen LogP contribution is -2.46. The van der Waals surface area contributed by atoms with Gasteiger partial charge >= 0.3 is 17.3 Å². The van der Waals surface area contributed by atoms with Crippen LogP contribution in [0.2, 0.25) is 10.0 Å². The molecule has 1 heterocycles. The lowest BCUT2D eigenvalue weighted by molar-refractivity contribution is -0.146. The maximum Gasteiger partial charge on any atom is 0.355 e. The Morgan fingerprint density at radius 1 is 1.06 bits per heavy atom. The number of nitrogens with zero attached hydrogens (tertiary/aromatic N) is 3. The fraction of sp³-hybridized carbons (Fsp3) is 0.385. The number of hydrogen-bond acceptors (Lipinski definition) is 6. The van der Waals surface area contributed by atoms with E-state index in [4.69, 9.17) is 27.9 Å². The van der Waals surface area contributed by atoms with Crippen molar-refractivity contribution in [2.24, 2.45) is 11.8 Å². The molecule has 0 aliphatic carbocycles. The number of esters is 1. The maximum atomic E-state index is 13.6. The number of carbonyl (C=O) groups excluding carboxylic acids is 1. The van der Waals surface area contributed by atoms with Gasteiger partial charge in [0.2, 0.25) is 5.95 Å². The van der Waals surface area contributed by atoms with Crippen molar-refractivity contribution >= 4 is 40.8 Å². The van der Waals surface area contributed by atoms with Gasteiger partial charge in [0.1, 0.15) is 0 Å². The molecular weight excluding hydrogens is 503 g/mol. The van der Waals surface area contributed by atoms with Gasteiger partial charge in [0.05, 0.1) is 25.6 Å². The summed E-state index contributed by atoms with van der Waals surface area (Å²) < 4.78 is 7.12. The van der Waals surface area contributed by atoms with Gasteiger partial charge in [-0.1, -0.05) is 55.2 Å². The highest BCUT2D eigenvalue weighted by atomic mass is 35.5. The Kier molecular flexibility index (Phi) is 8.98. The minimum Gasteiger partial charge on any atom is -0.469 e. The van der Waals surface area contributed by atoms with Crippen LogP contribution in [0.15, 0.2) is 52.1 Å². The molecule has 192 valence electrons. The first kappa shape index (κ1) is 27.5. The Morgan fingerprint density at radius 3 is 2.31 bits per heavy atom. The lowest BCUT2D eigenvalue weighted by atomic mass is 10.0. The number of rotatable bonds is 9. The predicted molar refractivity (Wildman–Crippen MR) is 142 cm³/mol. The topological polar surface area (TPSA) is 95.2 Å². The number of anilines is 2. The minimum atomic E-state index is -0.778. The number of carbonyl (C=O) groups is 1. The van der Waals surface area contributed by atoms with Crippen LogP contribution in [-0.4, -0.2) is 27.2 Å². The van der Waals surface area contributed by atoms with Crippen LogP contribution in [0.4, 0.5) is 11.6 Å². The highest BCUT2D eigenvalue weighted by Gasteiger charge is 2.27. The molecular formula is C26H30Cl2N4O4. The zero-order chi connectivity index (χ0) is 26.6. The van der Waals surface area contributed by atoms with Crippen molar-refractivity contribution in [1.82, 2.24) is 14.1 Å². The third kappa shape index (κ3) is 6.36. The monoisotopic (exact) mass is 532 g/mol. The molecule has 10 heteroatoms. The van der Waals surface area contributed by atoms with E-state index >= 15 is 0 Å². The quantitative estimate of drug-likeness (QED) is 0.386. The molecule has 0 aliphatic rings. The van der Waals surface area contributed by atoms with Crippen molar-refractivity contribution in [2.75, 3.05) is 12.4 Å². The van der Waals surface area contributed by atoms with E-state index in [1.54, 1.807) is 44.2 Å². The number of benzene rings is 2. The maximum absolute atomic E-state index is 13.6. The van der Waals surface area contributed by atoms with Gasteiger partial charge in [-0.05, 0) is 61.6 Å². The Bertz CT molecular complexity index is 1350. The van der Waals surface area contributed by atoms with E-state index in [2.05, 4.69) is 24.1 Å². The van der Waals surface area contributed by atoms with Gasteiger partial charge in [0.25, 0.3) is 0 Å². The van der Waals surface area contributed by atoms with Crippen LogP contribution in [0.25, 0.3) is 0 Å². The summed E-state index contributed by atoms with van der Waals surface area (Å²) in [6.07, 6.45) is 0.824.